The first-order valence-electron chi connectivity index (χ1n) is 8.05. The average molecular weight is 300 g/mol. The Morgan fingerprint density at radius 2 is 2.00 bits per heavy atom. The Bertz CT molecular complexity index is 696. The lowest BCUT2D eigenvalue weighted by molar-refractivity contribution is -0.129. The van der Waals surface area contributed by atoms with Gasteiger partial charge in [-0.25, -0.2) is 4.98 Å². The highest BCUT2D eigenvalue weighted by Gasteiger charge is 2.25. The monoisotopic (exact) mass is 300 g/mol. The molecule has 3 heterocycles. The van der Waals surface area contributed by atoms with E-state index in [2.05, 4.69) is 36.5 Å². The van der Waals surface area contributed by atoms with Crippen LogP contribution in [0.3, 0.4) is 0 Å². The molecule has 0 saturated carbocycles. The number of carbonyl (C=O) groups is 1. The van der Waals surface area contributed by atoms with Crippen molar-refractivity contribution in [3.05, 3.63) is 23.7 Å². The minimum atomic E-state index is 0.181. The van der Waals surface area contributed by atoms with Gasteiger partial charge in [0.15, 0.2) is 5.65 Å². The van der Waals surface area contributed by atoms with Crippen molar-refractivity contribution in [2.24, 2.45) is 7.05 Å². The standard InChI is InChI=1S/C17H24N4O/c1-11(2)15-10-18-14-9-16(20(4)17(14)19-15)13-5-7-21(8-6-13)12(3)22/h9-11,13H,5-8H2,1-4H3. The fraction of sp³-hybridized carbons (Fsp3) is 0.588. The van der Waals surface area contributed by atoms with Crippen molar-refractivity contribution in [1.82, 2.24) is 19.4 Å². The van der Waals surface area contributed by atoms with E-state index >= 15 is 0 Å². The number of piperidine rings is 1. The number of likely N-dealkylation sites (tertiary alicyclic amines) is 1. The second-order valence-corrected chi connectivity index (χ2v) is 6.57. The molecule has 0 bridgehead atoms. The van der Waals surface area contributed by atoms with Crippen LogP contribution in [0, 0.1) is 0 Å². The molecule has 3 rings (SSSR count). The lowest BCUT2D eigenvalue weighted by Crippen LogP contribution is -2.36. The highest BCUT2D eigenvalue weighted by Crippen LogP contribution is 2.31. The molecule has 0 atom stereocenters. The predicted octanol–water partition coefficient (Wildman–Crippen LogP) is 2.82. The number of carbonyl (C=O) groups excluding carboxylic acids is 1. The van der Waals surface area contributed by atoms with Crippen LogP contribution in [0.5, 0.6) is 0 Å². The third-order valence-corrected chi connectivity index (χ3v) is 4.74. The highest BCUT2D eigenvalue weighted by molar-refractivity contribution is 5.74. The Hall–Kier alpha value is -1.91. The molecule has 0 N–H and O–H groups in total. The molecular weight excluding hydrogens is 276 g/mol. The Kier molecular flexibility index (Phi) is 3.89. The zero-order valence-electron chi connectivity index (χ0n) is 13.8. The average Bonchev–Trinajstić information content (AvgIpc) is 2.84. The van der Waals surface area contributed by atoms with Gasteiger partial charge in [0.05, 0.1) is 5.69 Å². The molecule has 1 aliphatic heterocycles. The van der Waals surface area contributed by atoms with E-state index in [9.17, 15) is 4.79 Å². The molecule has 1 fully saturated rings. The van der Waals surface area contributed by atoms with Gasteiger partial charge >= 0.3 is 0 Å². The summed E-state index contributed by atoms with van der Waals surface area (Å²) in [6.07, 6.45) is 3.91. The molecule has 1 amide bonds. The van der Waals surface area contributed by atoms with E-state index in [0.29, 0.717) is 11.8 Å². The Morgan fingerprint density at radius 1 is 1.32 bits per heavy atom. The SMILES string of the molecule is CC(=O)N1CCC(c2cc3ncc(C(C)C)nc3n2C)CC1. The summed E-state index contributed by atoms with van der Waals surface area (Å²) in [6.45, 7) is 7.62. The Labute approximate surface area is 131 Å². The molecule has 0 aromatic carbocycles. The number of fused-ring (bicyclic) bond motifs is 1. The fourth-order valence-corrected chi connectivity index (χ4v) is 3.27. The van der Waals surface area contributed by atoms with Crippen molar-refractivity contribution in [2.45, 2.75) is 45.4 Å². The molecule has 1 saturated heterocycles. The molecule has 0 unspecified atom stereocenters. The number of amides is 1. The van der Waals surface area contributed by atoms with Gasteiger partial charge in [-0.2, -0.15) is 0 Å². The maximum Gasteiger partial charge on any atom is 0.219 e. The summed E-state index contributed by atoms with van der Waals surface area (Å²) < 4.78 is 2.18. The van der Waals surface area contributed by atoms with Crippen molar-refractivity contribution >= 4 is 17.1 Å². The number of aromatic nitrogens is 3. The van der Waals surface area contributed by atoms with E-state index in [1.165, 1.54) is 5.69 Å². The molecule has 1 aliphatic rings. The molecule has 22 heavy (non-hydrogen) atoms. The maximum atomic E-state index is 11.5. The second-order valence-electron chi connectivity index (χ2n) is 6.57. The second kappa shape index (κ2) is 5.71. The quantitative estimate of drug-likeness (QED) is 0.857. The van der Waals surface area contributed by atoms with Gasteiger partial charge < -0.3 is 9.47 Å². The zero-order chi connectivity index (χ0) is 15.9. The van der Waals surface area contributed by atoms with Crippen LogP contribution in [0.4, 0.5) is 0 Å². The van der Waals surface area contributed by atoms with E-state index in [0.717, 1.165) is 42.8 Å². The van der Waals surface area contributed by atoms with Gasteiger partial charge in [0, 0.05) is 44.9 Å². The van der Waals surface area contributed by atoms with E-state index < -0.39 is 0 Å². The molecule has 0 radical (unpaired) electrons. The number of nitrogens with zero attached hydrogens (tertiary/aromatic N) is 4. The van der Waals surface area contributed by atoms with Crippen LogP contribution in [-0.2, 0) is 11.8 Å². The summed E-state index contributed by atoms with van der Waals surface area (Å²) in [7, 11) is 2.08. The lowest BCUT2D eigenvalue weighted by Gasteiger charge is -2.31. The van der Waals surface area contributed by atoms with Crippen molar-refractivity contribution in [3.8, 4) is 0 Å². The van der Waals surface area contributed by atoms with Crippen LogP contribution in [0.25, 0.3) is 11.2 Å². The third-order valence-electron chi connectivity index (χ3n) is 4.74. The molecular formula is C17H24N4O. The van der Waals surface area contributed by atoms with Crippen LogP contribution in [0.15, 0.2) is 12.3 Å². The van der Waals surface area contributed by atoms with Crippen LogP contribution in [0.2, 0.25) is 0 Å². The predicted molar refractivity (Wildman–Crippen MR) is 86.8 cm³/mol. The molecule has 0 aliphatic carbocycles. The van der Waals surface area contributed by atoms with Crippen molar-refractivity contribution in [3.63, 3.8) is 0 Å². The summed E-state index contributed by atoms with van der Waals surface area (Å²) in [5.41, 5.74) is 4.26. The van der Waals surface area contributed by atoms with Gasteiger partial charge in [-0.1, -0.05) is 13.8 Å². The van der Waals surface area contributed by atoms with Gasteiger partial charge in [0.1, 0.15) is 5.52 Å². The van der Waals surface area contributed by atoms with E-state index in [1.54, 1.807) is 6.92 Å². The van der Waals surface area contributed by atoms with Gasteiger partial charge in [0.25, 0.3) is 0 Å². The summed E-state index contributed by atoms with van der Waals surface area (Å²) in [5.74, 6) is 1.05. The van der Waals surface area contributed by atoms with Gasteiger partial charge in [-0.05, 0) is 24.8 Å². The van der Waals surface area contributed by atoms with Crippen molar-refractivity contribution in [1.29, 1.82) is 0 Å². The van der Waals surface area contributed by atoms with Gasteiger partial charge in [-0.3, -0.25) is 9.78 Å². The summed E-state index contributed by atoms with van der Waals surface area (Å²) in [4.78, 5) is 22.7. The highest BCUT2D eigenvalue weighted by atomic mass is 16.2. The maximum absolute atomic E-state index is 11.5. The first kappa shape index (κ1) is 15.0. The number of aryl methyl sites for hydroxylation is 1. The first-order chi connectivity index (χ1) is 10.5. The molecule has 118 valence electrons. The summed E-state index contributed by atoms with van der Waals surface area (Å²) >= 11 is 0. The molecule has 0 spiro atoms. The molecule has 2 aromatic heterocycles. The van der Waals surface area contributed by atoms with Crippen LogP contribution >= 0.6 is 0 Å². The molecule has 5 nitrogen and oxygen atoms in total. The molecule has 5 heteroatoms. The number of rotatable bonds is 2. The largest absolute Gasteiger partial charge is 0.343 e. The number of hydrogen-bond donors (Lipinski definition) is 0. The van der Waals surface area contributed by atoms with E-state index in [4.69, 9.17) is 4.98 Å². The fourth-order valence-electron chi connectivity index (χ4n) is 3.27. The summed E-state index contributed by atoms with van der Waals surface area (Å²) in [6, 6.07) is 2.17. The number of hydrogen-bond acceptors (Lipinski definition) is 3. The minimum absolute atomic E-state index is 0.181. The minimum Gasteiger partial charge on any atom is -0.343 e. The van der Waals surface area contributed by atoms with Crippen molar-refractivity contribution < 1.29 is 4.79 Å². The van der Waals surface area contributed by atoms with Crippen molar-refractivity contribution in [2.75, 3.05) is 13.1 Å². The van der Waals surface area contributed by atoms with Gasteiger partial charge in [0.2, 0.25) is 5.91 Å². The Morgan fingerprint density at radius 3 is 2.59 bits per heavy atom. The van der Waals surface area contributed by atoms with E-state index in [1.807, 2.05) is 11.1 Å². The van der Waals surface area contributed by atoms with Gasteiger partial charge in [-0.15, -0.1) is 0 Å². The molecule has 2 aromatic rings. The normalized spacial score (nSPS) is 16.7. The smallest absolute Gasteiger partial charge is 0.219 e. The summed E-state index contributed by atoms with van der Waals surface area (Å²) in [5, 5.41) is 0. The topological polar surface area (TPSA) is 51.0 Å². The van der Waals surface area contributed by atoms with Crippen LogP contribution in [0.1, 0.15) is 56.8 Å². The lowest BCUT2D eigenvalue weighted by atomic mass is 9.93. The first-order valence-corrected chi connectivity index (χ1v) is 8.05. The zero-order valence-corrected chi connectivity index (χ0v) is 13.8. The van der Waals surface area contributed by atoms with Crippen LogP contribution < -0.4 is 0 Å². The Balaban J connectivity index is 1.89. The third kappa shape index (κ3) is 2.60. The van der Waals surface area contributed by atoms with E-state index in [-0.39, 0.29) is 5.91 Å². The van der Waals surface area contributed by atoms with Crippen LogP contribution in [-0.4, -0.2) is 38.4 Å².